The van der Waals surface area contributed by atoms with Crippen molar-refractivity contribution in [3.8, 4) is 10.6 Å². The molecule has 0 aliphatic heterocycles. The lowest BCUT2D eigenvalue weighted by molar-refractivity contribution is -0.116. The second kappa shape index (κ2) is 9.99. The van der Waals surface area contributed by atoms with Crippen molar-refractivity contribution in [2.45, 2.75) is 26.8 Å². The highest BCUT2D eigenvalue weighted by atomic mass is 35.5. The third-order valence-corrected chi connectivity index (χ3v) is 4.81. The Morgan fingerprint density at radius 2 is 2.12 bits per heavy atom. The van der Waals surface area contributed by atoms with Crippen molar-refractivity contribution in [1.82, 2.24) is 10.1 Å². The Morgan fingerprint density at radius 1 is 1.35 bits per heavy atom. The lowest BCUT2D eigenvalue weighted by Crippen LogP contribution is -2.31. The summed E-state index contributed by atoms with van der Waals surface area (Å²) in [4.78, 5) is 14.7. The lowest BCUT2D eigenvalue weighted by atomic mass is 10.2. The number of hydrogen-bond donors (Lipinski definition) is 1. The standard InChI is InChI=1S/C19H22ClN3O2S/c1-3-5-7-8-15(19(21)24)23(11-6-4-2)13-14-12-16(25-22-14)17-9-10-18(20)26-17/h3-6,8-10,12H,7,11,13H2,1-2H3,(H2,21,24)/b5-3-,6-4-,15-8-. The predicted molar refractivity (Wildman–Crippen MR) is 107 cm³/mol. The summed E-state index contributed by atoms with van der Waals surface area (Å²) in [6.45, 7) is 4.83. The van der Waals surface area contributed by atoms with Gasteiger partial charge in [-0.2, -0.15) is 0 Å². The molecule has 0 aliphatic rings. The van der Waals surface area contributed by atoms with Gasteiger partial charge in [0.15, 0.2) is 5.76 Å². The molecule has 0 radical (unpaired) electrons. The van der Waals surface area contributed by atoms with Gasteiger partial charge in [-0.25, -0.2) is 0 Å². The Balaban J connectivity index is 2.22. The number of amides is 1. The second-order valence-electron chi connectivity index (χ2n) is 5.49. The van der Waals surface area contributed by atoms with E-state index in [0.717, 1.165) is 4.88 Å². The highest BCUT2D eigenvalue weighted by molar-refractivity contribution is 7.19. The topological polar surface area (TPSA) is 72.4 Å². The molecule has 138 valence electrons. The highest BCUT2D eigenvalue weighted by Crippen LogP contribution is 2.31. The molecular formula is C19H22ClN3O2S. The number of halogens is 1. The Bertz CT molecular complexity index is 820. The van der Waals surface area contributed by atoms with Crippen LogP contribution in [-0.4, -0.2) is 22.5 Å². The summed E-state index contributed by atoms with van der Waals surface area (Å²) < 4.78 is 6.11. The maximum Gasteiger partial charge on any atom is 0.264 e. The number of hydrogen-bond acceptors (Lipinski definition) is 5. The molecule has 0 fully saturated rings. The minimum Gasteiger partial charge on any atom is -0.364 e. The van der Waals surface area contributed by atoms with Gasteiger partial charge in [0.2, 0.25) is 0 Å². The van der Waals surface area contributed by atoms with Crippen LogP contribution in [0.5, 0.6) is 0 Å². The number of allylic oxidation sites excluding steroid dienone is 4. The number of primary amides is 1. The molecule has 2 rings (SSSR count). The molecule has 2 aromatic rings. The zero-order chi connectivity index (χ0) is 18.9. The molecule has 0 unspecified atom stereocenters. The third-order valence-electron chi connectivity index (χ3n) is 3.57. The first-order valence-electron chi connectivity index (χ1n) is 8.23. The summed E-state index contributed by atoms with van der Waals surface area (Å²) in [7, 11) is 0. The first-order chi connectivity index (χ1) is 12.5. The number of nitrogens with zero attached hydrogens (tertiary/aromatic N) is 2. The second-order valence-corrected chi connectivity index (χ2v) is 7.21. The summed E-state index contributed by atoms with van der Waals surface area (Å²) >= 11 is 7.40. The minimum atomic E-state index is -0.465. The van der Waals surface area contributed by atoms with E-state index in [2.05, 4.69) is 5.16 Å². The molecule has 0 saturated carbocycles. The molecule has 26 heavy (non-hydrogen) atoms. The van der Waals surface area contributed by atoms with E-state index in [1.165, 1.54) is 11.3 Å². The molecule has 0 aliphatic carbocycles. The molecule has 2 heterocycles. The summed E-state index contributed by atoms with van der Waals surface area (Å²) in [6, 6.07) is 5.56. The number of nitrogens with two attached hydrogens (primary N) is 1. The summed E-state index contributed by atoms with van der Waals surface area (Å²) in [6.07, 6.45) is 10.3. The van der Waals surface area contributed by atoms with Crippen LogP contribution in [0.15, 0.2) is 58.8 Å². The van der Waals surface area contributed by atoms with E-state index < -0.39 is 5.91 Å². The fourth-order valence-corrected chi connectivity index (χ4v) is 3.32. The van der Waals surface area contributed by atoms with Gasteiger partial charge in [0.25, 0.3) is 5.91 Å². The van der Waals surface area contributed by atoms with Crippen LogP contribution in [0.1, 0.15) is 26.0 Å². The number of aromatic nitrogens is 1. The Kier molecular flexibility index (Phi) is 7.69. The normalized spacial score (nSPS) is 12.3. The molecule has 2 N–H and O–H groups in total. The van der Waals surface area contributed by atoms with Crippen molar-refractivity contribution >= 4 is 28.8 Å². The van der Waals surface area contributed by atoms with E-state index in [4.69, 9.17) is 21.9 Å². The molecule has 2 aromatic heterocycles. The van der Waals surface area contributed by atoms with Crippen molar-refractivity contribution in [2.24, 2.45) is 5.73 Å². The maximum atomic E-state index is 11.9. The fourth-order valence-electron chi connectivity index (χ4n) is 2.33. The Labute approximate surface area is 162 Å². The molecular weight excluding hydrogens is 370 g/mol. The molecule has 0 bridgehead atoms. The Morgan fingerprint density at radius 3 is 2.73 bits per heavy atom. The van der Waals surface area contributed by atoms with Gasteiger partial charge in [-0.15, -0.1) is 11.3 Å². The van der Waals surface area contributed by atoms with Crippen LogP contribution in [0.2, 0.25) is 4.34 Å². The smallest absolute Gasteiger partial charge is 0.264 e. The summed E-state index contributed by atoms with van der Waals surface area (Å²) in [5, 5.41) is 4.12. The zero-order valence-electron chi connectivity index (χ0n) is 14.8. The van der Waals surface area contributed by atoms with Gasteiger partial charge in [0.1, 0.15) is 5.69 Å². The third kappa shape index (κ3) is 5.61. The first kappa shape index (κ1) is 20.0. The molecule has 5 nitrogen and oxygen atoms in total. The van der Waals surface area contributed by atoms with Crippen molar-refractivity contribution in [1.29, 1.82) is 0 Å². The SMILES string of the molecule is C/C=C\C/C=C(/C(N)=O)N(C/C=C\C)Cc1cc(-c2ccc(Cl)s2)on1. The van der Waals surface area contributed by atoms with E-state index >= 15 is 0 Å². The van der Waals surface area contributed by atoms with Gasteiger partial charge in [-0.3, -0.25) is 4.79 Å². The van der Waals surface area contributed by atoms with E-state index in [1.54, 1.807) is 0 Å². The van der Waals surface area contributed by atoms with E-state index in [0.29, 0.717) is 41.0 Å². The van der Waals surface area contributed by atoms with E-state index in [1.807, 2.05) is 67.3 Å². The van der Waals surface area contributed by atoms with Crippen LogP contribution in [0.4, 0.5) is 0 Å². The fraction of sp³-hybridized carbons (Fsp3) is 0.263. The Hall–Kier alpha value is -2.31. The minimum absolute atomic E-state index is 0.414. The summed E-state index contributed by atoms with van der Waals surface area (Å²) in [5.74, 6) is 0.189. The largest absolute Gasteiger partial charge is 0.364 e. The van der Waals surface area contributed by atoms with Crippen LogP contribution in [0, 0.1) is 0 Å². The van der Waals surface area contributed by atoms with Crippen molar-refractivity contribution in [2.75, 3.05) is 6.54 Å². The number of carbonyl (C=O) groups excluding carboxylic acids is 1. The van der Waals surface area contributed by atoms with Crippen molar-refractivity contribution in [3.05, 3.63) is 64.3 Å². The van der Waals surface area contributed by atoms with Gasteiger partial charge < -0.3 is 15.2 Å². The van der Waals surface area contributed by atoms with Gasteiger partial charge >= 0.3 is 0 Å². The number of carbonyl (C=O) groups is 1. The lowest BCUT2D eigenvalue weighted by Gasteiger charge is -2.23. The van der Waals surface area contributed by atoms with Gasteiger partial charge in [0.05, 0.1) is 21.5 Å². The molecule has 0 spiro atoms. The van der Waals surface area contributed by atoms with Gasteiger partial charge in [-0.05, 0) is 32.4 Å². The average molecular weight is 392 g/mol. The van der Waals surface area contributed by atoms with Crippen molar-refractivity contribution < 1.29 is 9.32 Å². The van der Waals surface area contributed by atoms with Crippen LogP contribution < -0.4 is 5.73 Å². The summed E-state index contributed by atoms with van der Waals surface area (Å²) in [5.41, 5.74) is 6.77. The average Bonchev–Trinajstić information content (AvgIpc) is 3.24. The predicted octanol–water partition coefficient (Wildman–Crippen LogP) is 4.77. The van der Waals surface area contributed by atoms with Gasteiger partial charge in [0, 0.05) is 12.6 Å². The van der Waals surface area contributed by atoms with E-state index in [9.17, 15) is 4.79 Å². The number of thiophene rings is 1. The quantitative estimate of drug-likeness (QED) is 0.493. The zero-order valence-corrected chi connectivity index (χ0v) is 16.4. The van der Waals surface area contributed by atoms with Crippen LogP contribution in [0.3, 0.4) is 0 Å². The molecule has 1 amide bonds. The molecule has 0 aromatic carbocycles. The first-order valence-corrected chi connectivity index (χ1v) is 9.43. The van der Waals surface area contributed by atoms with Crippen LogP contribution >= 0.6 is 22.9 Å². The number of rotatable bonds is 9. The highest BCUT2D eigenvalue weighted by Gasteiger charge is 2.17. The monoisotopic (exact) mass is 391 g/mol. The molecule has 0 saturated heterocycles. The molecule has 0 atom stereocenters. The maximum absolute atomic E-state index is 11.9. The van der Waals surface area contributed by atoms with E-state index in [-0.39, 0.29) is 0 Å². The van der Waals surface area contributed by atoms with Crippen molar-refractivity contribution in [3.63, 3.8) is 0 Å². The van der Waals surface area contributed by atoms with Crippen LogP contribution in [0.25, 0.3) is 10.6 Å². The van der Waals surface area contributed by atoms with Gasteiger partial charge in [-0.1, -0.05) is 47.1 Å². The van der Waals surface area contributed by atoms with Crippen LogP contribution in [-0.2, 0) is 11.3 Å². The molecule has 7 heteroatoms.